The lowest BCUT2D eigenvalue weighted by Gasteiger charge is -2.12. The van der Waals surface area contributed by atoms with Crippen molar-refractivity contribution < 1.29 is 0 Å². The van der Waals surface area contributed by atoms with Crippen LogP contribution in [0.3, 0.4) is 0 Å². The van der Waals surface area contributed by atoms with Crippen molar-refractivity contribution in [3.63, 3.8) is 0 Å². The van der Waals surface area contributed by atoms with E-state index in [1.165, 1.54) is 106 Å². The van der Waals surface area contributed by atoms with E-state index in [-0.39, 0.29) is 0 Å². The van der Waals surface area contributed by atoms with Crippen LogP contribution < -0.4 is 0 Å². The topological polar surface area (TPSA) is 22.8 Å². The Hall–Kier alpha value is -8.61. The van der Waals surface area contributed by atoms with Crippen molar-refractivity contribution in [2.24, 2.45) is 0 Å². The van der Waals surface area contributed by atoms with Gasteiger partial charge >= 0.3 is 0 Å². The lowest BCUT2D eigenvalue weighted by atomic mass is 10.0. The van der Waals surface area contributed by atoms with Crippen molar-refractivity contribution in [3.05, 3.63) is 237 Å². The summed E-state index contributed by atoms with van der Waals surface area (Å²) in [4.78, 5) is 4.87. The van der Waals surface area contributed by atoms with Crippen LogP contribution >= 0.6 is 22.7 Å². The first-order valence-corrected chi connectivity index (χ1v) is 25.4. The third-order valence-electron chi connectivity index (χ3n) is 14.4. The zero-order valence-corrected chi connectivity index (χ0v) is 39.3. The van der Waals surface area contributed by atoms with Crippen LogP contribution in [-0.2, 0) is 0 Å². The van der Waals surface area contributed by atoms with E-state index in [0.29, 0.717) is 0 Å². The summed E-state index contributed by atoms with van der Waals surface area (Å²) in [5, 5.41) is 10.4. The van der Waals surface area contributed by atoms with E-state index in [9.17, 15) is 0 Å². The Balaban J connectivity index is 0.819. The molecule has 0 atom stereocenters. The van der Waals surface area contributed by atoms with Crippen LogP contribution in [0.4, 0.5) is 0 Å². The predicted octanol–water partition coefficient (Wildman–Crippen LogP) is 18.7. The fourth-order valence-electron chi connectivity index (χ4n) is 11.2. The molecule has 0 unspecified atom stereocenters. The predicted molar refractivity (Wildman–Crippen MR) is 300 cm³/mol. The van der Waals surface area contributed by atoms with Gasteiger partial charge in [0.05, 0.1) is 22.1 Å². The first-order valence-electron chi connectivity index (χ1n) is 23.7. The Labute approximate surface area is 411 Å². The molecule has 3 nitrogen and oxygen atoms in total. The molecule has 15 aromatic rings. The van der Waals surface area contributed by atoms with E-state index in [2.05, 4.69) is 234 Å². The zero-order chi connectivity index (χ0) is 45.9. The molecule has 0 N–H and O–H groups in total. The smallest absolute Gasteiger partial charge is 0.0555 e. The third-order valence-corrected chi connectivity index (χ3v) is 16.8. The SMILES string of the molecule is c1ccc(-c2ccc3sc4c(ccc5c4c4ccccc4n5-c4cccc(-c5cncc(-c6cccc(-n7c8ccccc8c8c9sc%10ccc(-c%11ccccc%11)cc%10c9ccc87)c6)c5)c4)c3c2)cc1. The Morgan fingerprint density at radius 2 is 0.700 bits per heavy atom. The van der Waals surface area contributed by atoms with Gasteiger partial charge in [-0.25, -0.2) is 0 Å². The second-order valence-corrected chi connectivity index (χ2v) is 20.4. The van der Waals surface area contributed by atoms with Crippen molar-refractivity contribution in [3.8, 4) is 55.9 Å². The van der Waals surface area contributed by atoms with Crippen LogP contribution in [0.2, 0.25) is 0 Å². The van der Waals surface area contributed by atoms with Gasteiger partial charge in [-0.15, -0.1) is 22.7 Å². The first-order chi connectivity index (χ1) is 34.7. The van der Waals surface area contributed by atoms with E-state index >= 15 is 0 Å². The summed E-state index contributed by atoms with van der Waals surface area (Å²) < 4.78 is 10.1. The van der Waals surface area contributed by atoms with Gasteiger partial charge in [-0.3, -0.25) is 4.98 Å². The Kier molecular flexibility index (Phi) is 8.70. The van der Waals surface area contributed by atoms with E-state index in [1.54, 1.807) is 0 Å². The molecule has 0 fully saturated rings. The van der Waals surface area contributed by atoms with Gasteiger partial charge in [0, 0.05) is 96.8 Å². The van der Waals surface area contributed by atoms with E-state index < -0.39 is 0 Å². The van der Waals surface area contributed by atoms with Gasteiger partial charge in [-0.05, 0) is 112 Å². The summed E-state index contributed by atoms with van der Waals surface area (Å²) >= 11 is 3.79. The van der Waals surface area contributed by atoms with Crippen LogP contribution in [0.25, 0.3) is 140 Å². The number of rotatable bonds is 6. The minimum Gasteiger partial charge on any atom is -0.309 e. The van der Waals surface area contributed by atoms with Gasteiger partial charge in [0.2, 0.25) is 0 Å². The monoisotopic (exact) mass is 925 g/mol. The number of para-hydroxylation sites is 2. The quantitative estimate of drug-likeness (QED) is 0.163. The number of aromatic nitrogens is 3. The molecular formula is C65H39N3S2. The van der Waals surface area contributed by atoms with Crippen LogP contribution in [0.5, 0.6) is 0 Å². The average molecular weight is 926 g/mol. The zero-order valence-electron chi connectivity index (χ0n) is 37.7. The standard InChI is InChI=1S/C65H39N3S2/c1-3-13-40(14-4-1)44-25-31-60-54(36-44)50-27-29-58-62(64(50)69-60)52-21-7-9-23-56(52)67(58)48-19-11-17-42(34-48)46-33-47(39-66-38-46)43-18-12-20-49(35-43)68-57-24-10-8-22-53(57)63-59(68)30-28-51-55-37-45(41-15-5-2-6-16-41)26-32-61(55)70-65(51)63/h1-39H. The van der Waals surface area contributed by atoms with Crippen molar-refractivity contribution in [2.45, 2.75) is 0 Å². The van der Waals surface area contributed by atoms with Gasteiger partial charge < -0.3 is 9.13 Å². The van der Waals surface area contributed by atoms with Crippen molar-refractivity contribution >= 4 is 107 Å². The number of hydrogen-bond donors (Lipinski definition) is 0. The first kappa shape index (κ1) is 39.4. The summed E-state index contributed by atoms with van der Waals surface area (Å²) in [6.07, 6.45) is 3.99. The van der Waals surface area contributed by atoms with Crippen LogP contribution in [0.1, 0.15) is 0 Å². The number of thiophene rings is 2. The number of fused-ring (bicyclic) bond motifs is 14. The molecule has 0 saturated carbocycles. The Morgan fingerprint density at radius 1 is 0.271 bits per heavy atom. The molecule has 70 heavy (non-hydrogen) atoms. The van der Waals surface area contributed by atoms with Crippen molar-refractivity contribution in [1.82, 2.24) is 14.1 Å². The molecule has 0 aliphatic heterocycles. The molecule has 0 saturated heterocycles. The number of hydrogen-bond acceptors (Lipinski definition) is 3. The Morgan fingerprint density at radius 3 is 1.19 bits per heavy atom. The molecule has 0 aliphatic rings. The minimum absolute atomic E-state index is 1.08. The molecule has 0 bridgehead atoms. The molecule has 10 aromatic carbocycles. The number of pyridine rings is 1. The van der Waals surface area contributed by atoms with Gasteiger partial charge in [0.15, 0.2) is 0 Å². The lowest BCUT2D eigenvalue weighted by Crippen LogP contribution is -1.95. The highest BCUT2D eigenvalue weighted by molar-refractivity contribution is 7.27. The lowest BCUT2D eigenvalue weighted by molar-refractivity contribution is 1.18. The van der Waals surface area contributed by atoms with E-state index in [1.807, 2.05) is 35.1 Å². The molecule has 0 radical (unpaired) electrons. The van der Waals surface area contributed by atoms with Gasteiger partial charge in [0.1, 0.15) is 0 Å². The maximum absolute atomic E-state index is 4.87. The highest BCUT2D eigenvalue weighted by Crippen LogP contribution is 2.46. The molecule has 5 aromatic heterocycles. The normalized spacial score (nSPS) is 12.0. The van der Waals surface area contributed by atoms with E-state index in [0.717, 1.165) is 33.6 Å². The second-order valence-electron chi connectivity index (χ2n) is 18.3. The molecule has 326 valence electrons. The highest BCUT2D eigenvalue weighted by atomic mass is 32.1. The minimum atomic E-state index is 1.08. The van der Waals surface area contributed by atoms with Crippen molar-refractivity contribution in [2.75, 3.05) is 0 Å². The van der Waals surface area contributed by atoms with Crippen LogP contribution in [0, 0.1) is 0 Å². The summed E-state index contributed by atoms with van der Waals surface area (Å²) in [5.41, 5.74) is 16.4. The summed E-state index contributed by atoms with van der Waals surface area (Å²) in [5.74, 6) is 0. The third kappa shape index (κ3) is 6.02. The molecule has 0 amide bonds. The maximum Gasteiger partial charge on any atom is 0.0555 e. The molecule has 0 aliphatic carbocycles. The Bertz CT molecular complexity index is 4300. The summed E-state index contributed by atoms with van der Waals surface area (Å²) in [6, 6.07) is 82.4. The van der Waals surface area contributed by atoms with Crippen LogP contribution in [0.15, 0.2) is 237 Å². The average Bonchev–Trinajstić information content (AvgIpc) is 4.19. The van der Waals surface area contributed by atoms with E-state index in [4.69, 9.17) is 4.98 Å². The fourth-order valence-corrected chi connectivity index (χ4v) is 13.6. The molecule has 5 heteroatoms. The van der Waals surface area contributed by atoms with Crippen LogP contribution in [-0.4, -0.2) is 14.1 Å². The number of nitrogens with zero attached hydrogens (tertiary/aromatic N) is 3. The van der Waals surface area contributed by atoms with Gasteiger partial charge in [-0.1, -0.05) is 146 Å². The number of benzene rings is 10. The largest absolute Gasteiger partial charge is 0.309 e. The maximum atomic E-state index is 4.87. The highest BCUT2D eigenvalue weighted by Gasteiger charge is 2.20. The molecule has 15 rings (SSSR count). The summed E-state index contributed by atoms with van der Waals surface area (Å²) in [7, 11) is 0. The van der Waals surface area contributed by atoms with Gasteiger partial charge in [-0.2, -0.15) is 0 Å². The fraction of sp³-hybridized carbons (Fsp3) is 0. The van der Waals surface area contributed by atoms with Gasteiger partial charge in [0.25, 0.3) is 0 Å². The van der Waals surface area contributed by atoms with Crippen molar-refractivity contribution in [1.29, 1.82) is 0 Å². The molecule has 5 heterocycles. The molecule has 0 spiro atoms. The summed E-state index contributed by atoms with van der Waals surface area (Å²) in [6.45, 7) is 0. The molecular weight excluding hydrogens is 887 g/mol. The second kappa shape index (κ2) is 15.5.